The average Bonchev–Trinajstić information content (AvgIpc) is 2.49. The molecule has 0 aromatic heterocycles. The number of aryl methyl sites for hydroxylation is 1. The molecule has 0 aliphatic heterocycles. The molecule has 0 radical (unpaired) electrons. The fourth-order valence-electron chi connectivity index (χ4n) is 1.74. The zero-order valence-corrected chi connectivity index (χ0v) is 12.0. The molecule has 0 saturated heterocycles. The Bertz CT molecular complexity index is 643. The summed E-state index contributed by atoms with van der Waals surface area (Å²) in [5, 5.41) is 0. The summed E-state index contributed by atoms with van der Waals surface area (Å²) in [6.07, 6.45) is 1.60. The lowest BCUT2D eigenvalue weighted by Gasteiger charge is -2.08. The summed E-state index contributed by atoms with van der Waals surface area (Å²) in [4.78, 5) is 11.5. The van der Waals surface area contributed by atoms with Crippen LogP contribution in [0.5, 0.6) is 11.5 Å². The first-order valence-electron chi connectivity index (χ1n) is 6.48. The highest BCUT2D eigenvalue weighted by atomic mass is 16.5. The minimum atomic E-state index is -0.619. The minimum Gasteiger partial charge on any atom is -0.497 e. The van der Waals surface area contributed by atoms with Crippen molar-refractivity contribution in [2.75, 3.05) is 7.11 Å². The maximum atomic E-state index is 11.5. The van der Waals surface area contributed by atoms with Crippen molar-refractivity contribution in [3.05, 3.63) is 65.4 Å². The van der Waals surface area contributed by atoms with E-state index >= 15 is 0 Å². The zero-order valence-electron chi connectivity index (χ0n) is 12.0. The second-order valence-electron chi connectivity index (χ2n) is 4.56. The molecule has 0 fully saturated rings. The van der Waals surface area contributed by atoms with Crippen LogP contribution in [0.25, 0.3) is 6.08 Å². The molecule has 0 atom stereocenters. The third kappa shape index (κ3) is 4.11. The lowest BCUT2D eigenvalue weighted by Crippen LogP contribution is -2.18. The van der Waals surface area contributed by atoms with Gasteiger partial charge in [0, 0.05) is 0 Å². The Morgan fingerprint density at radius 3 is 2.10 bits per heavy atom. The molecule has 108 valence electrons. The summed E-state index contributed by atoms with van der Waals surface area (Å²) >= 11 is 0. The molecule has 0 aliphatic rings. The highest BCUT2D eigenvalue weighted by molar-refractivity contribution is 5.95. The lowest BCUT2D eigenvalue weighted by atomic mass is 10.2. The molecule has 0 saturated carbocycles. The predicted molar refractivity (Wildman–Crippen MR) is 82.0 cm³/mol. The van der Waals surface area contributed by atoms with Gasteiger partial charge in [-0.25, -0.2) is 0 Å². The predicted octanol–water partition coefficient (Wildman–Crippen LogP) is 2.91. The molecule has 2 rings (SSSR count). The number of methoxy groups -OCH3 is 1. The van der Waals surface area contributed by atoms with Crippen LogP contribution in [-0.2, 0) is 4.79 Å². The van der Waals surface area contributed by atoms with Crippen LogP contribution in [0.15, 0.2) is 54.3 Å². The second kappa shape index (κ2) is 6.61. The van der Waals surface area contributed by atoms with Crippen LogP contribution in [0.4, 0.5) is 0 Å². The Labute approximate surface area is 123 Å². The molecule has 0 unspecified atom stereocenters. The summed E-state index contributed by atoms with van der Waals surface area (Å²) in [6.45, 7) is 1.98. The SMILES string of the molecule is COc1ccc(/C=C(\Oc2ccc(C)cc2)C(N)=O)cc1. The first kappa shape index (κ1) is 14.7. The van der Waals surface area contributed by atoms with Gasteiger partial charge in [0.1, 0.15) is 11.5 Å². The number of benzene rings is 2. The van der Waals surface area contributed by atoms with Gasteiger partial charge in [0.25, 0.3) is 5.91 Å². The number of rotatable bonds is 5. The Kier molecular flexibility index (Phi) is 4.61. The van der Waals surface area contributed by atoms with Crippen molar-refractivity contribution in [3.8, 4) is 11.5 Å². The van der Waals surface area contributed by atoms with Crippen LogP contribution in [0.1, 0.15) is 11.1 Å². The number of carbonyl (C=O) groups excluding carboxylic acids is 1. The summed E-state index contributed by atoms with van der Waals surface area (Å²) < 4.78 is 10.6. The molecule has 4 heteroatoms. The van der Waals surface area contributed by atoms with Gasteiger partial charge in [-0.05, 0) is 42.8 Å². The van der Waals surface area contributed by atoms with Crippen LogP contribution in [0, 0.1) is 6.92 Å². The van der Waals surface area contributed by atoms with E-state index in [1.807, 2.05) is 31.2 Å². The fraction of sp³-hybridized carbons (Fsp3) is 0.118. The van der Waals surface area contributed by atoms with Crippen molar-refractivity contribution in [2.45, 2.75) is 6.92 Å². The maximum Gasteiger partial charge on any atom is 0.284 e. The fourth-order valence-corrected chi connectivity index (χ4v) is 1.74. The standard InChI is InChI=1S/C17H17NO3/c1-12-3-7-15(8-4-12)21-16(17(18)19)11-13-5-9-14(20-2)10-6-13/h3-11H,1-2H3,(H2,18,19)/b16-11-. The smallest absolute Gasteiger partial charge is 0.284 e. The highest BCUT2D eigenvalue weighted by Crippen LogP contribution is 2.18. The number of hydrogen-bond donors (Lipinski definition) is 1. The highest BCUT2D eigenvalue weighted by Gasteiger charge is 2.08. The van der Waals surface area contributed by atoms with E-state index in [2.05, 4.69) is 0 Å². The summed E-state index contributed by atoms with van der Waals surface area (Å²) in [5.41, 5.74) is 7.28. The number of nitrogens with two attached hydrogens (primary N) is 1. The lowest BCUT2D eigenvalue weighted by molar-refractivity contribution is -0.116. The molecule has 0 bridgehead atoms. The number of ether oxygens (including phenoxy) is 2. The number of amides is 1. The number of primary amides is 1. The van der Waals surface area contributed by atoms with Crippen LogP contribution < -0.4 is 15.2 Å². The molecule has 4 nitrogen and oxygen atoms in total. The van der Waals surface area contributed by atoms with Crippen molar-refractivity contribution < 1.29 is 14.3 Å². The van der Waals surface area contributed by atoms with Crippen molar-refractivity contribution in [1.82, 2.24) is 0 Å². The Morgan fingerprint density at radius 1 is 1.00 bits per heavy atom. The molecule has 21 heavy (non-hydrogen) atoms. The van der Waals surface area contributed by atoms with Crippen LogP contribution in [-0.4, -0.2) is 13.0 Å². The molecule has 2 aromatic rings. The van der Waals surface area contributed by atoms with Gasteiger partial charge < -0.3 is 15.2 Å². The van der Waals surface area contributed by atoms with E-state index in [-0.39, 0.29) is 5.76 Å². The number of hydrogen-bond acceptors (Lipinski definition) is 3. The van der Waals surface area contributed by atoms with Gasteiger partial charge in [-0.2, -0.15) is 0 Å². The van der Waals surface area contributed by atoms with E-state index in [0.717, 1.165) is 16.9 Å². The molecule has 2 aromatic carbocycles. The van der Waals surface area contributed by atoms with Crippen LogP contribution in [0.2, 0.25) is 0 Å². The van der Waals surface area contributed by atoms with Crippen molar-refractivity contribution in [2.24, 2.45) is 5.73 Å². The van der Waals surface area contributed by atoms with Gasteiger partial charge >= 0.3 is 0 Å². The van der Waals surface area contributed by atoms with E-state index in [1.54, 1.807) is 37.5 Å². The molecule has 0 spiro atoms. The summed E-state index contributed by atoms with van der Waals surface area (Å²) in [7, 11) is 1.60. The van der Waals surface area contributed by atoms with Gasteiger partial charge in [0.15, 0.2) is 5.76 Å². The van der Waals surface area contributed by atoms with Gasteiger partial charge in [0.2, 0.25) is 0 Å². The molecular formula is C17H17NO3. The zero-order chi connectivity index (χ0) is 15.2. The van der Waals surface area contributed by atoms with E-state index in [1.165, 1.54) is 0 Å². The van der Waals surface area contributed by atoms with E-state index in [9.17, 15) is 4.79 Å². The Hall–Kier alpha value is -2.75. The molecule has 0 heterocycles. The minimum absolute atomic E-state index is 0.0871. The third-order valence-electron chi connectivity index (χ3n) is 2.91. The summed E-state index contributed by atoms with van der Waals surface area (Å²) in [6, 6.07) is 14.6. The normalized spacial score (nSPS) is 11.0. The third-order valence-corrected chi connectivity index (χ3v) is 2.91. The van der Waals surface area contributed by atoms with Gasteiger partial charge in [-0.15, -0.1) is 0 Å². The van der Waals surface area contributed by atoms with Gasteiger partial charge in [-0.3, -0.25) is 4.79 Å². The van der Waals surface area contributed by atoms with E-state index in [4.69, 9.17) is 15.2 Å². The Balaban J connectivity index is 2.23. The van der Waals surface area contributed by atoms with Crippen LogP contribution >= 0.6 is 0 Å². The molecule has 2 N–H and O–H groups in total. The molecule has 0 aliphatic carbocycles. The van der Waals surface area contributed by atoms with Gasteiger partial charge in [-0.1, -0.05) is 29.8 Å². The Morgan fingerprint density at radius 2 is 1.57 bits per heavy atom. The van der Waals surface area contributed by atoms with Crippen molar-refractivity contribution in [1.29, 1.82) is 0 Å². The number of carbonyl (C=O) groups is 1. The van der Waals surface area contributed by atoms with Crippen molar-refractivity contribution in [3.63, 3.8) is 0 Å². The second-order valence-corrected chi connectivity index (χ2v) is 4.56. The van der Waals surface area contributed by atoms with E-state index in [0.29, 0.717) is 5.75 Å². The van der Waals surface area contributed by atoms with E-state index < -0.39 is 5.91 Å². The maximum absolute atomic E-state index is 11.5. The van der Waals surface area contributed by atoms with Crippen molar-refractivity contribution >= 4 is 12.0 Å². The first-order chi connectivity index (χ1) is 10.1. The molecular weight excluding hydrogens is 266 g/mol. The largest absolute Gasteiger partial charge is 0.497 e. The van der Waals surface area contributed by atoms with Gasteiger partial charge in [0.05, 0.1) is 7.11 Å². The topological polar surface area (TPSA) is 61.6 Å². The first-order valence-corrected chi connectivity index (χ1v) is 6.48. The molecule has 1 amide bonds. The average molecular weight is 283 g/mol. The quantitative estimate of drug-likeness (QED) is 0.678. The van der Waals surface area contributed by atoms with Crippen LogP contribution in [0.3, 0.4) is 0 Å². The monoisotopic (exact) mass is 283 g/mol. The summed E-state index contributed by atoms with van der Waals surface area (Å²) in [5.74, 6) is 0.779.